The van der Waals surface area contributed by atoms with Crippen molar-refractivity contribution in [2.45, 2.75) is 44.9 Å². The number of nitro groups is 1. The molecule has 1 saturated carbocycles. The number of benzene rings is 1. The van der Waals surface area contributed by atoms with E-state index in [4.69, 9.17) is 0 Å². The van der Waals surface area contributed by atoms with Gasteiger partial charge < -0.3 is 10.4 Å². The van der Waals surface area contributed by atoms with Crippen LogP contribution in [0.3, 0.4) is 0 Å². The third-order valence-corrected chi connectivity index (χ3v) is 7.93. The minimum absolute atomic E-state index is 0.0344. The predicted octanol–water partition coefficient (Wildman–Crippen LogP) is 3.32. The van der Waals surface area contributed by atoms with Gasteiger partial charge in [-0.2, -0.15) is 0 Å². The van der Waals surface area contributed by atoms with Crippen LogP contribution in [0.4, 0.5) is 5.69 Å². The third-order valence-electron chi connectivity index (χ3n) is 5.96. The van der Waals surface area contributed by atoms with Gasteiger partial charge in [0.15, 0.2) is 0 Å². The van der Waals surface area contributed by atoms with E-state index in [2.05, 4.69) is 5.32 Å². The number of dihydropyridines is 1. The molecule has 1 aromatic carbocycles. The summed E-state index contributed by atoms with van der Waals surface area (Å²) in [5.74, 6) is -2.47. The maximum atomic E-state index is 13.5. The smallest absolute Gasteiger partial charge is 0.334 e. The van der Waals surface area contributed by atoms with Gasteiger partial charge in [-0.25, -0.2) is 17.5 Å². The fourth-order valence-corrected chi connectivity index (χ4v) is 5.87. The first-order valence-corrected chi connectivity index (χ1v) is 11.6. The largest absolute Gasteiger partial charge is 0.478 e. The van der Waals surface area contributed by atoms with Gasteiger partial charge in [0, 0.05) is 43.5 Å². The van der Waals surface area contributed by atoms with Crippen LogP contribution in [0.2, 0.25) is 0 Å². The molecule has 1 atom stereocenters. The lowest BCUT2D eigenvalue weighted by atomic mass is 9.80. The Morgan fingerprint density at radius 3 is 2.42 bits per heavy atom. The minimum atomic E-state index is -4.04. The average molecular weight is 450 g/mol. The summed E-state index contributed by atoms with van der Waals surface area (Å²) in [5, 5.41) is 24.4. The van der Waals surface area contributed by atoms with Crippen molar-refractivity contribution in [3.63, 3.8) is 0 Å². The molecule has 0 spiro atoms. The number of hydrogen-bond donors (Lipinski definition) is 2. The molecule has 0 saturated heterocycles. The molecular weight excluding hydrogens is 422 g/mol. The zero-order valence-corrected chi connectivity index (χ0v) is 18.6. The molecule has 2 aliphatic rings. The normalized spacial score (nSPS) is 20.7. The van der Waals surface area contributed by atoms with Crippen molar-refractivity contribution in [3.8, 4) is 0 Å². The number of carboxylic acid groups (broad SMARTS) is 1. The van der Waals surface area contributed by atoms with Gasteiger partial charge in [-0.05, 0) is 25.3 Å². The molecule has 1 heterocycles. The van der Waals surface area contributed by atoms with Crippen LogP contribution in [0.15, 0.2) is 46.1 Å². The maximum Gasteiger partial charge on any atom is 0.334 e. The summed E-state index contributed by atoms with van der Waals surface area (Å²) in [5.41, 5.74) is 0.774. The van der Waals surface area contributed by atoms with Crippen LogP contribution in [0, 0.1) is 16.0 Å². The number of nitro benzene ring substituents is 1. The Balaban J connectivity index is 2.34. The van der Waals surface area contributed by atoms with Gasteiger partial charge in [0.2, 0.25) is 10.0 Å². The number of sulfonamides is 1. The number of carboxylic acids is 1. The molecule has 1 aromatic rings. The molecular formula is C21H27N3O6S. The maximum absolute atomic E-state index is 13.5. The first-order chi connectivity index (χ1) is 14.6. The Hall–Kier alpha value is -2.72. The van der Waals surface area contributed by atoms with Crippen molar-refractivity contribution in [1.29, 1.82) is 0 Å². The lowest BCUT2D eigenvalue weighted by Gasteiger charge is -2.36. The molecule has 168 valence electrons. The quantitative estimate of drug-likeness (QED) is 0.503. The summed E-state index contributed by atoms with van der Waals surface area (Å²) in [6.45, 7) is 1.61. The van der Waals surface area contributed by atoms with Crippen molar-refractivity contribution in [1.82, 2.24) is 9.62 Å². The van der Waals surface area contributed by atoms with Crippen molar-refractivity contribution in [2.75, 3.05) is 14.1 Å². The van der Waals surface area contributed by atoms with E-state index in [1.807, 2.05) is 0 Å². The fraction of sp³-hybridized carbons (Fsp3) is 0.476. The predicted molar refractivity (Wildman–Crippen MR) is 116 cm³/mol. The number of rotatable bonds is 6. The van der Waals surface area contributed by atoms with Crippen molar-refractivity contribution in [3.05, 3.63) is 61.8 Å². The van der Waals surface area contributed by atoms with E-state index < -0.39 is 26.8 Å². The summed E-state index contributed by atoms with van der Waals surface area (Å²) in [4.78, 5) is 23.0. The van der Waals surface area contributed by atoms with E-state index in [-0.39, 0.29) is 27.6 Å². The highest BCUT2D eigenvalue weighted by atomic mass is 32.2. The zero-order valence-electron chi connectivity index (χ0n) is 17.8. The molecule has 1 aliphatic heterocycles. The van der Waals surface area contributed by atoms with Crippen LogP contribution in [-0.2, 0) is 14.8 Å². The van der Waals surface area contributed by atoms with E-state index in [9.17, 15) is 28.4 Å². The standard InChI is InChI=1S/C21H27N3O6S/c1-13-17(21(25)26)18(15-10-7-11-16(12-15)24(27)28)20(31(29,30)23(2)3)19(22-13)14-8-5-4-6-9-14/h7,10-12,14,18,22H,4-6,8-9H2,1-3H3,(H,25,26). The molecule has 10 heteroatoms. The van der Waals surface area contributed by atoms with Crippen LogP contribution in [0.5, 0.6) is 0 Å². The highest BCUT2D eigenvalue weighted by Gasteiger charge is 2.43. The highest BCUT2D eigenvalue weighted by Crippen LogP contribution is 2.45. The molecule has 3 rings (SSSR count). The third kappa shape index (κ3) is 4.35. The second kappa shape index (κ2) is 8.80. The summed E-state index contributed by atoms with van der Waals surface area (Å²) in [7, 11) is -1.24. The van der Waals surface area contributed by atoms with Gasteiger partial charge in [-0.1, -0.05) is 31.4 Å². The van der Waals surface area contributed by atoms with Crippen LogP contribution in [0.1, 0.15) is 50.5 Å². The van der Waals surface area contributed by atoms with Crippen molar-refractivity contribution >= 4 is 21.7 Å². The van der Waals surface area contributed by atoms with Crippen molar-refractivity contribution < 1.29 is 23.2 Å². The Morgan fingerprint density at radius 1 is 1.23 bits per heavy atom. The molecule has 0 aromatic heterocycles. The Labute approximate surface area is 181 Å². The molecule has 1 fully saturated rings. The summed E-state index contributed by atoms with van der Waals surface area (Å²) >= 11 is 0. The summed E-state index contributed by atoms with van der Waals surface area (Å²) < 4.78 is 28.1. The fourth-order valence-electron chi connectivity index (χ4n) is 4.43. The number of hydrogen-bond acceptors (Lipinski definition) is 6. The Bertz CT molecular complexity index is 1070. The second-order valence-corrected chi connectivity index (χ2v) is 10.3. The summed E-state index contributed by atoms with van der Waals surface area (Å²) in [6, 6.07) is 5.55. The Kier molecular flexibility index (Phi) is 6.51. The minimum Gasteiger partial charge on any atom is -0.478 e. The highest BCUT2D eigenvalue weighted by molar-refractivity contribution is 7.93. The zero-order chi connectivity index (χ0) is 22.9. The molecule has 1 aliphatic carbocycles. The van der Waals surface area contributed by atoms with E-state index in [1.54, 1.807) is 13.0 Å². The number of non-ortho nitro benzene ring substituents is 1. The summed E-state index contributed by atoms with van der Waals surface area (Å²) in [6.07, 6.45) is 4.59. The molecule has 1 unspecified atom stereocenters. The van der Waals surface area contributed by atoms with E-state index >= 15 is 0 Å². The van der Waals surface area contributed by atoms with Crippen LogP contribution in [0.25, 0.3) is 0 Å². The topological polar surface area (TPSA) is 130 Å². The monoisotopic (exact) mass is 449 g/mol. The van der Waals surface area contributed by atoms with Crippen LogP contribution < -0.4 is 5.32 Å². The molecule has 0 radical (unpaired) electrons. The van der Waals surface area contributed by atoms with Crippen LogP contribution >= 0.6 is 0 Å². The molecule has 2 N–H and O–H groups in total. The van der Waals surface area contributed by atoms with Crippen LogP contribution in [-0.4, -0.2) is 42.8 Å². The lowest BCUT2D eigenvalue weighted by molar-refractivity contribution is -0.384. The number of carbonyl (C=O) groups is 1. The van der Waals surface area contributed by atoms with Crippen molar-refractivity contribution in [2.24, 2.45) is 5.92 Å². The van der Waals surface area contributed by atoms with Gasteiger partial charge in [-0.3, -0.25) is 10.1 Å². The number of nitrogens with one attached hydrogen (secondary N) is 1. The SMILES string of the molecule is CC1=C(C(=O)O)C(c2cccc([N+](=O)[O-])c2)C(S(=O)(=O)N(C)C)=C(C2CCCCC2)N1. The average Bonchev–Trinajstić information content (AvgIpc) is 2.73. The molecule has 0 bridgehead atoms. The van der Waals surface area contributed by atoms with Gasteiger partial charge in [-0.15, -0.1) is 0 Å². The Morgan fingerprint density at radius 2 is 1.87 bits per heavy atom. The lowest BCUT2D eigenvalue weighted by Crippen LogP contribution is -2.38. The van der Waals surface area contributed by atoms with Gasteiger partial charge >= 0.3 is 5.97 Å². The van der Waals surface area contributed by atoms with E-state index in [1.165, 1.54) is 32.3 Å². The number of allylic oxidation sites excluding steroid dienone is 3. The number of aliphatic carboxylic acids is 1. The first-order valence-electron chi connectivity index (χ1n) is 10.2. The number of nitrogens with zero attached hydrogens (tertiary/aromatic N) is 2. The van der Waals surface area contributed by atoms with E-state index in [0.717, 1.165) is 36.4 Å². The van der Waals surface area contributed by atoms with Gasteiger partial charge in [0.05, 0.1) is 21.3 Å². The second-order valence-electron chi connectivity index (χ2n) is 8.15. The van der Waals surface area contributed by atoms with Gasteiger partial charge in [0.25, 0.3) is 5.69 Å². The molecule has 31 heavy (non-hydrogen) atoms. The first kappa shape index (κ1) is 23.0. The molecule has 0 amide bonds. The van der Waals surface area contributed by atoms with E-state index in [0.29, 0.717) is 11.4 Å². The molecule has 9 nitrogen and oxygen atoms in total. The van der Waals surface area contributed by atoms with Gasteiger partial charge in [0.1, 0.15) is 0 Å².